The predicted octanol–water partition coefficient (Wildman–Crippen LogP) is 0.231. The lowest BCUT2D eigenvalue weighted by Crippen LogP contribution is -2.50. The first-order valence-corrected chi connectivity index (χ1v) is 8.16. The van der Waals surface area contributed by atoms with Gasteiger partial charge in [0.15, 0.2) is 0 Å². The molecule has 1 amide bonds. The molecule has 24 heavy (non-hydrogen) atoms. The fraction of sp³-hybridized carbons (Fsp3) is 0.625. The second kappa shape index (κ2) is 8.05. The molecule has 1 aliphatic rings. The van der Waals surface area contributed by atoms with Crippen molar-refractivity contribution in [2.75, 3.05) is 44.2 Å². The normalized spacial score (nSPS) is 15.6. The molecule has 2 rings (SSSR count). The molecule has 0 unspecified atom stereocenters. The lowest BCUT2D eigenvalue weighted by Gasteiger charge is -2.35. The number of nitrogens with zero attached hydrogens (tertiary/aromatic N) is 4. The van der Waals surface area contributed by atoms with Crippen LogP contribution in [-0.4, -0.2) is 71.1 Å². The summed E-state index contributed by atoms with van der Waals surface area (Å²) in [4.78, 5) is 35.5. The number of piperazine rings is 1. The molecule has 0 bridgehead atoms. The highest BCUT2D eigenvalue weighted by Gasteiger charge is 2.21. The molecule has 2 N–H and O–H groups in total. The van der Waals surface area contributed by atoms with Crippen molar-refractivity contribution in [1.29, 1.82) is 0 Å². The number of anilines is 1. The molecule has 0 radical (unpaired) electrons. The number of aromatic nitrogens is 2. The standard InChI is InChI=1S/C16H25N5O3/c1-11(2)16-18-12(3)8-13(19-16)21-6-4-20(5-7-21)10-14(22)17-9-15(23)24/h8,11H,4-7,9-10H2,1-3H3,(H,17,22)(H,23,24). The molecule has 132 valence electrons. The van der Waals surface area contributed by atoms with Crippen LogP contribution in [0.3, 0.4) is 0 Å². The number of carboxylic acids is 1. The summed E-state index contributed by atoms with van der Waals surface area (Å²) in [6.45, 7) is 9.04. The van der Waals surface area contributed by atoms with Crippen molar-refractivity contribution in [1.82, 2.24) is 20.2 Å². The zero-order chi connectivity index (χ0) is 17.7. The molecule has 0 atom stereocenters. The molecular weight excluding hydrogens is 310 g/mol. The first-order chi connectivity index (χ1) is 11.3. The molecule has 1 fully saturated rings. The first kappa shape index (κ1) is 18.1. The molecule has 0 spiro atoms. The summed E-state index contributed by atoms with van der Waals surface area (Å²) in [6.07, 6.45) is 0. The Labute approximate surface area is 141 Å². The number of carboxylic acid groups (broad SMARTS) is 1. The van der Waals surface area contributed by atoms with E-state index in [4.69, 9.17) is 5.11 Å². The zero-order valence-electron chi connectivity index (χ0n) is 14.4. The van der Waals surface area contributed by atoms with Gasteiger partial charge in [0.05, 0.1) is 6.54 Å². The van der Waals surface area contributed by atoms with E-state index in [9.17, 15) is 9.59 Å². The first-order valence-electron chi connectivity index (χ1n) is 8.16. The Morgan fingerprint density at radius 3 is 2.50 bits per heavy atom. The van der Waals surface area contributed by atoms with E-state index >= 15 is 0 Å². The quantitative estimate of drug-likeness (QED) is 0.768. The van der Waals surface area contributed by atoms with Gasteiger partial charge in [0, 0.05) is 43.9 Å². The average molecular weight is 335 g/mol. The summed E-state index contributed by atoms with van der Waals surface area (Å²) in [7, 11) is 0. The van der Waals surface area contributed by atoms with Gasteiger partial charge in [0.1, 0.15) is 18.2 Å². The van der Waals surface area contributed by atoms with Crippen LogP contribution in [0.2, 0.25) is 0 Å². The van der Waals surface area contributed by atoms with Gasteiger partial charge in [0.25, 0.3) is 0 Å². The van der Waals surface area contributed by atoms with Gasteiger partial charge >= 0.3 is 5.97 Å². The van der Waals surface area contributed by atoms with Gasteiger partial charge in [-0.3, -0.25) is 14.5 Å². The minimum atomic E-state index is -1.03. The number of rotatable bonds is 6. The molecule has 8 nitrogen and oxygen atoms in total. The Morgan fingerprint density at radius 2 is 1.92 bits per heavy atom. The van der Waals surface area contributed by atoms with Crippen LogP contribution in [0.1, 0.15) is 31.3 Å². The highest BCUT2D eigenvalue weighted by atomic mass is 16.4. The molecule has 0 saturated carbocycles. The number of carbonyl (C=O) groups excluding carboxylic acids is 1. The largest absolute Gasteiger partial charge is 0.480 e. The molecular formula is C16H25N5O3. The highest BCUT2D eigenvalue weighted by Crippen LogP contribution is 2.18. The third-order valence-electron chi connectivity index (χ3n) is 3.87. The van der Waals surface area contributed by atoms with Gasteiger partial charge < -0.3 is 15.3 Å². The van der Waals surface area contributed by atoms with Gasteiger partial charge in [0.2, 0.25) is 5.91 Å². The number of aliphatic carboxylic acids is 1. The van der Waals surface area contributed by atoms with E-state index in [1.165, 1.54) is 0 Å². The fourth-order valence-electron chi connectivity index (χ4n) is 2.56. The molecule has 0 aliphatic carbocycles. The number of nitrogens with one attached hydrogen (secondary N) is 1. The van der Waals surface area contributed by atoms with Gasteiger partial charge in [-0.2, -0.15) is 0 Å². The minimum absolute atomic E-state index is 0.223. The summed E-state index contributed by atoms with van der Waals surface area (Å²) >= 11 is 0. The van der Waals surface area contributed by atoms with Crippen molar-refractivity contribution in [3.05, 3.63) is 17.6 Å². The van der Waals surface area contributed by atoms with Crippen LogP contribution in [0.15, 0.2) is 6.07 Å². The average Bonchev–Trinajstić information content (AvgIpc) is 2.53. The summed E-state index contributed by atoms with van der Waals surface area (Å²) in [6, 6.07) is 1.99. The molecule has 1 aromatic heterocycles. The maximum absolute atomic E-state index is 11.7. The van der Waals surface area contributed by atoms with E-state index in [0.717, 1.165) is 43.5 Å². The van der Waals surface area contributed by atoms with E-state index < -0.39 is 5.97 Å². The van der Waals surface area contributed by atoms with Gasteiger partial charge in [-0.1, -0.05) is 13.8 Å². The van der Waals surface area contributed by atoms with E-state index in [0.29, 0.717) is 0 Å². The van der Waals surface area contributed by atoms with Crippen LogP contribution >= 0.6 is 0 Å². The molecule has 0 aromatic carbocycles. The Bertz CT molecular complexity index is 597. The van der Waals surface area contributed by atoms with Crippen molar-refractivity contribution >= 4 is 17.7 Å². The van der Waals surface area contributed by atoms with E-state index in [2.05, 4.69) is 34.0 Å². The molecule has 2 heterocycles. The number of hydrogen-bond donors (Lipinski definition) is 2. The summed E-state index contributed by atoms with van der Waals surface area (Å²) < 4.78 is 0. The van der Waals surface area contributed by atoms with Crippen LogP contribution in [0.5, 0.6) is 0 Å². The summed E-state index contributed by atoms with van der Waals surface area (Å²) in [5.41, 5.74) is 0.958. The molecule has 1 aliphatic heterocycles. The van der Waals surface area contributed by atoms with Crippen LogP contribution in [0, 0.1) is 6.92 Å². The second-order valence-corrected chi connectivity index (χ2v) is 6.31. The maximum Gasteiger partial charge on any atom is 0.322 e. The van der Waals surface area contributed by atoms with Gasteiger partial charge in [-0.05, 0) is 6.92 Å². The molecule has 1 aromatic rings. The monoisotopic (exact) mass is 335 g/mol. The Morgan fingerprint density at radius 1 is 1.25 bits per heavy atom. The van der Waals surface area contributed by atoms with E-state index in [1.54, 1.807) is 0 Å². The summed E-state index contributed by atoms with van der Waals surface area (Å²) in [5, 5.41) is 11.0. The molecule has 8 heteroatoms. The van der Waals surface area contributed by atoms with Gasteiger partial charge in [-0.15, -0.1) is 0 Å². The Kier molecular flexibility index (Phi) is 6.08. The highest BCUT2D eigenvalue weighted by molar-refractivity contribution is 5.82. The third-order valence-corrected chi connectivity index (χ3v) is 3.87. The molecule has 1 saturated heterocycles. The lowest BCUT2D eigenvalue weighted by molar-refractivity contribution is -0.138. The number of carbonyl (C=O) groups is 2. The van der Waals surface area contributed by atoms with Crippen molar-refractivity contribution in [3.8, 4) is 0 Å². The van der Waals surface area contributed by atoms with E-state index in [1.807, 2.05) is 17.9 Å². The predicted molar refractivity (Wildman–Crippen MR) is 90.2 cm³/mol. The lowest BCUT2D eigenvalue weighted by atomic mass is 10.2. The van der Waals surface area contributed by atoms with Crippen molar-refractivity contribution in [2.45, 2.75) is 26.7 Å². The van der Waals surface area contributed by atoms with Crippen LogP contribution in [-0.2, 0) is 9.59 Å². The summed E-state index contributed by atoms with van der Waals surface area (Å²) in [5.74, 6) is 0.767. The van der Waals surface area contributed by atoms with Crippen molar-refractivity contribution < 1.29 is 14.7 Å². The van der Waals surface area contributed by atoms with E-state index in [-0.39, 0.29) is 24.9 Å². The fourth-order valence-corrected chi connectivity index (χ4v) is 2.56. The number of aryl methyl sites for hydroxylation is 1. The SMILES string of the molecule is Cc1cc(N2CCN(CC(=O)NCC(=O)O)CC2)nc(C(C)C)n1. The van der Waals surface area contributed by atoms with Crippen molar-refractivity contribution in [3.63, 3.8) is 0 Å². The van der Waals surface area contributed by atoms with Crippen LogP contribution in [0.4, 0.5) is 5.82 Å². The minimum Gasteiger partial charge on any atom is -0.480 e. The third kappa shape index (κ3) is 5.16. The topological polar surface area (TPSA) is 98.7 Å². The van der Waals surface area contributed by atoms with Gasteiger partial charge in [-0.25, -0.2) is 9.97 Å². The zero-order valence-corrected chi connectivity index (χ0v) is 14.4. The number of hydrogen-bond acceptors (Lipinski definition) is 6. The van der Waals surface area contributed by atoms with Crippen LogP contribution < -0.4 is 10.2 Å². The smallest absolute Gasteiger partial charge is 0.322 e. The number of amides is 1. The maximum atomic E-state index is 11.7. The van der Waals surface area contributed by atoms with Crippen LogP contribution in [0.25, 0.3) is 0 Å². The van der Waals surface area contributed by atoms with Crippen molar-refractivity contribution in [2.24, 2.45) is 0 Å². The Balaban J connectivity index is 1.88. The second-order valence-electron chi connectivity index (χ2n) is 6.31. The Hall–Kier alpha value is -2.22.